The van der Waals surface area contributed by atoms with Crippen LogP contribution in [-0.2, 0) is 4.79 Å². The first-order valence-electron chi connectivity index (χ1n) is 8.79. The largest absolute Gasteiger partial charge is 0.342 e. The molecule has 2 aliphatic rings. The van der Waals surface area contributed by atoms with Gasteiger partial charge >= 0.3 is 0 Å². The van der Waals surface area contributed by atoms with Crippen molar-refractivity contribution in [2.75, 3.05) is 32.7 Å². The molecule has 0 aliphatic carbocycles. The number of nitrogens with zero attached hydrogens (tertiary/aromatic N) is 6. The van der Waals surface area contributed by atoms with Gasteiger partial charge in [-0.1, -0.05) is 12.1 Å². The van der Waals surface area contributed by atoms with E-state index >= 15 is 0 Å². The van der Waals surface area contributed by atoms with E-state index in [1.807, 2.05) is 4.90 Å². The van der Waals surface area contributed by atoms with E-state index in [9.17, 15) is 4.79 Å². The summed E-state index contributed by atoms with van der Waals surface area (Å²) in [6, 6.07) is 0. The third-order valence-corrected chi connectivity index (χ3v) is 5.04. The summed E-state index contributed by atoms with van der Waals surface area (Å²) in [5.41, 5.74) is 0.600. The summed E-state index contributed by atoms with van der Waals surface area (Å²) in [6.45, 7) is 6.07. The molecule has 8 heteroatoms. The standard InChI is InChI=1S/C17H22N6O2/c1-12-2-6-23(7-3-12)15(24)11-22-9-13(10-22)17-20-16(21-25-17)14-8-18-4-5-19-14/h4-5,8,12-13H,2-3,6-7,9-11H2,1H3. The number of carbonyl (C=O) groups is 1. The van der Waals surface area contributed by atoms with Crippen LogP contribution in [0.5, 0.6) is 0 Å². The Balaban J connectivity index is 1.28. The minimum absolute atomic E-state index is 0.187. The number of hydrogen-bond acceptors (Lipinski definition) is 7. The zero-order valence-corrected chi connectivity index (χ0v) is 14.3. The van der Waals surface area contributed by atoms with Crippen molar-refractivity contribution in [3.63, 3.8) is 0 Å². The van der Waals surface area contributed by atoms with E-state index < -0.39 is 0 Å². The average Bonchev–Trinajstić information content (AvgIpc) is 3.08. The number of carbonyl (C=O) groups excluding carboxylic acids is 1. The van der Waals surface area contributed by atoms with Crippen LogP contribution >= 0.6 is 0 Å². The summed E-state index contributed by atoms with van der Waals surface area (Å²) in [6.07, 6.45) is 7.04. The molecule has 0 aromatic carbocycles. The molecule has 1 amide bonds. The molecule has 2 aliphatic heterocycles. The van der Waals surface area contributed by atoms with Gasteiger partial charge in [-0.25, -0.2) is 4.98 Å². The van der Waals surface area contributed by atoms with Crippen LogP contribution in [0.2, 0.25) is 0 Å². The molecule has 0 saturated carbocycles. The molecule has 4 rings (SSSR count). The molecule has 2 aromatic rings. The molecule has 0 atom stereocenters. The van der Waals surface area contributed by atoms with Crippen LogP contribution in [0.15, 0.2) is 23.1 Å². The highest BCUT2D eigenvalue weighted by atomic mass is 16.5. The second-order valence-corrected chi connectivity index (χ2v) is 7.00. The van der Waals surface area contributed by atoms with Crippen molar-refractivity contribution in [2.24, 2.45) is 5.92 Å². The predicted molar refractivity (Wildman–Crippen MR) is 89.5 cm³/mol. The van der Waals surface area contributed by atoms with Gasteiger partial charge in [-0.3, -0.25) is 14.7 Å². The lowest BCUT2D eigenvalue weighted by molar-refractivity contribution is -0.135. The SMILES string of the molecule is CC1CCN(C(=O)CN2CC(c3nc(-c4cnccn4)no3)C2)CC1. The van der Waals surface area contributed by atoms with Crippen molar-refractivity contribution in [1.29, 1.82) is 0 Å². The molecule has 0 bridgehead atoms. The maximum Gasteiger partial charge on any atom is 0.236 e. The van der Waals surface area contributed by atoms with Crippen LogP contribution in [0.25, 0.3) is 11.5 Å². The van der Waals surface area contributed by atoms with Crippen LogP contribution in [0, 0.1) is 5.92 Å². The van der Waals surface area contributed by atoms with Gasteiger partial charge in [0.2, 0.25) is 17.6 Å². The average molecular weight is 342 g/mol. The van der Waals surface area contributed by atoms with Crippen molar-refractivity contribution in [2.45, 2.75) is 25.7 Å². The summed E-state index contributed by atoms with van der Waals surface area (Å²) < 4.78 is 5.35. The van der Waals surface area contributed by atoms with Crippen molar-refractivity contribution in [3.8, 4) is 11.5 Å². The van der Waals surface area contributed by atoms with E-state index in [0.29, 0.717) is 24.0 Å². The third-order valence-electron chi connectivity index (χ3n) is 5.04. The normalized spacial score (nSPS) is 19.8. The number of likely N-dealkylation sites (tertiary alicyclic amines) is 2. The maximum atomic E-state index is 12.4. The van der Waals surface area contributed by atoms with E-state index in [2.05, 4.69) is 31.9 Å². The van der Waals surface area contributed by atoms with Gasteiger partial charge in [-0.15, -0.1) is 0 Å². The highest BCUT2D eigenvalue weighted by Gasteiger charge is 2.34. The van der Waals surface area contributed by atoms with Gasteiger partial charge in [-0.05, 0) is 18.8 Å². The van der Waals surface area contributed by atoms with Gasteiger partial charge in [0.1, 0.15) is 5.69 Å². The van der Waals surface area contributed by atoms with E-state index in [-0.39, 0.29) is 11.8 Å². The molecular weight excluding hydrogens is 320 g/mol. The van der Waals surface area contributed by atoms with Crippen molar-refractivity contribution >= 4 is 5.91 Å². The Bertz CT molecular complexity index is 720. The van der Waals surface area contributed by atoms with Crippen LogP contribution in [0.4, 0.5) is 0 Å². The molecule has 2 aromatic heterocycles. The Kier molecular flexibility index (Phi) is 4.44. The smallest absolute Gasteiger partial charge is 0.236 e. The highest BCUT2D eigenvalue weighted by molar-refractivity contribution is 5.78. The summed E-state index contributed by atoms with van der Waals surface area (Å²) in [5, 5.41) is 3.97. The summed E-state index contributed by atoms with van der Waals surface area (Å²) in [5.74, 6) is 2.22. The molecule has 132 valence electrons. The fourth-order valence-corrected chi connectivity index (χ4v) is 3.32. The number of rotatable bonds is 4. The fourth-order valence-electron chi connectivity index (χ4n) is 3.32. The van der Waals surface area contributed by atoms with Gasteiger partial charge in [-0.2, -0.15) is 4.98 Å². The molecule has 0 spiro atoms. The molecule has 2 fully saturated rings. The third kappa shape index (κ3) is 3.53. The van der Waals surface area contributed by atoms with Gasteiger partial charge in [0.05, 0.1) is 18.7 Å². The Morgan fingerprint density at radius 3 is 2.80 bits per heavy atom. The Morgan fingerprint density at radius 2 is 2.08 bits per heavy atom. The van der Waals surface area contributed by atoms with E-state index in [4.69, 9.17) is 4.52 Å². The minimum Gasteiger partial charge on any atom is -0.342 e. The first-order chi connectivity index (χ1) is 12.2. The molecule has 8 nitrogen and oxygen atoms in total. The summed E-state index contributed by atoms with van der Waals surface area (Å²) in [7, 11) is 0. The second-order valence-electron chi connectivity index (χ2n) is 7.00. The Hall–Kier alpha value is -2.35. The summed E-state index contributed by atoms with van der Waals surface area (Å²) in [4.78, 5) is 29.1. The quantitative estimate of drug-likeness (QED) is 0.824. The van der Waals surface area contributed by atoms with E-state index in [1.54, 1.807) is 18.6 Å². The first kappa shape index (κ1) is 16.1. The highest BCUT2D eigenvalue weighted by Crippen LogP contribution is 2.27. The van der Waals surface area contributed by atoms with Crippen molar-refractivity contribution in [3.05, 3.63) is 24.5 Å². The van der Waals surface area contributed by atoms with Gasteiger partial charge < -0.3 is 9.42 Å². The van der Waals surface area contributed by atoms with Crippen LogP contribution < -0.4 is 0 Å². The topological polar surface area (TPSA) is 88.3 Å². The van der Waals surface area contributed by atoms with Crippen LogP contribution in [0.1, 0.15) is 31.6 Å². The van der Waals surface area contributed by atoms with Crippen LogP contribution in [0.3, 0.4) is 0 Å². The number of aromatic nitrogens is 4. The molecule has 0 unspecified atom stereocenters. The molecule has 25 heavy (non-hydrogen) atoms. The molecule has 0 radical (unpaired) electrons. The number of amides is 1. The molecule has 4 heterocycles. The molecule has 2 saturated heterocycles. The fraction of sp³-hybridized carbons (Fsp3) is 0.588. The van der Waals surface area contributed by atoms with E-state index in [0.717, 1.165) is 44.9 Å². The predicted octanol–water partition coefficient (Wildman–Crippen LogP) is 1.18. The summed E-state index contributed by atoms with van der Waals surface area (Å²) >= 11 is 0. The maximum absolute atomic E-state index is 12.4. The lowest BCUT2D eigenvalue weighted by Crippen LogP contribution is -2.51. The lowest BCUT2D eigenvalue weighted by Gasteiger charge is -2.38. The zero-order valence-electron chi connectivity index (χ0n) is 14.3. The minimum atomic E-state index is 0.187. The second kappa shape index (κ2) is 6.87. The Morgan fingerprint density at radius 1 is 1.28 bits per heavy atom. The zero-order chi connectivity index (χ0) is 17.2. The Labute approximate surface area is 146 Å². The van der Waals surface area contributed by atoms with Crippen LogP contribution in [-0.4, -0.2) is 68.5 Å². The molecule has 0 N–H and O–H groups in total. The molecular formula is C17H22N6O2. The lowest BCUT2D eigenvalue weighted by atomic mass is 9.98. The van der Waals surface area contributed by atoms with E-state index in [1.165, 1.54) is 0 Å². The van der Waals surface area contributed by atoms with Crippen molar-refractivity contribution < 1.29 is 9.32 Å². The number of hydrogen-bond donors (Lipinski definition) is 0. The number of piperidine rings is 1. The monoisotopic (exact) mass is 342 g/mol. The van der Waals surface area contributed by atoms with Gasteiger partial charge in [0.25, 0.3) is 0 Å². The van der Waals surface area contributed by atoms with Crippen molar-refractivity contribution in [1.82, 2.24) is 29.9 Å². The van der Waals surface area contributed by atoms with Gasteiger partial charge in [0, 0.05) is 38.6 Å². The van der Waals surface area contributed by atoms with Gasteiger partial charge in [0.15, 0.2) is 0 Å². The first-order valence-corrected chi connectivity index (χ1v) is 8.79.